The highest BCUT2D eigenvalue weighted by atomic mass is 79.9. The second-order valence-electron chi connectivity index (χ2n) is 8.59. The molecule has 1 unspecified atom stereocenters. The van der Waals surface area contributed by atoms with Crippen LogP contribution in [0.2, 0.25) is 0 Å². The lowest BCUT2D eigenvalue weighted by molar-refractivity contribution is 0.154. The number of aromatic nitrogens is 4. The number of hydrogen-bond donors (Lipinski definition) is 2. The Morgan fingerprint density at radius 2 is 1.97 bits per heavy atom. The Kier molecular flexibility index (Phi) is 6.47. The fourth-order valence-electron chi connectivity index (χ4n) is 4.21. The number of benzene rings is 1. The fourth-order valence-corrected chi connectivity index (χ4v) is 6.23. The summed E-state index contributed by atoms with van der Waals surface area (Å²) in [5.41, 5.74) is 2.06. The number of nitrogens with zero attached hydrogens (tertiary/aromatic N) is 5. The summed E-state index contributed by atoms with van der Waals surface area (Å²) >= 11 is 3.49. The number of anilines is 2. The van der Waals surface area contributed by atoms with E-state index in [1.54, 1.807) is 24.3 Å². The summed E-state index contributed by atoms with van der Waals surface area (Å²) in [6.07, 6.45) is 4.26. The van der Waals surface area contributed by atoms with Crippen molar-refractivity contribution in [2.75, 3.05) is 23.3 Å². The van der Waals surface area contributed by atoms with Crippen molar-refractivity contribution in [1.82, 2.24) is 18.9 Å². The van der Waals surface area contributed by atoms with Gasteiger partial charge in [-0.25, -0.2) is 27.3 Å². The molecule has 4 heterocycles. The van der Waals surface area contributed by atoms with Gasteiger partial charge in [-0.05, 0) is 60.0 Å². The number of β-amino-alcohol motifs (C(OH)–C–C–N with tert-alkyl or cyclic N) is 1. The topological polar surface area (TPSA) is 113 Å². The highest BCUT2D eigenvalue weighted by Crippen LogP contribution is 2.32. The molecule has 0 amide bonds. The largest absolute Gasteiger partial charge is 0.391 e. The third-order valence-electron chi connectivity index (χ3n) is 6.03. The number of aliphatic hydroxyl groups is 1. The number of rotatable bonds is 6. The fraction of sp³-hybridized carbons (Fsp3) is 0.292. The van der Waals surface area contributed by atoms with Gasteiger partial charge in [-0.1, -0.05) is 23.8 Å². The third kappa shape index (κ3) is 4.75. The summed E-state index contributed by atoms with van der Waals surface area (Å²) in [6.45, 7) is 3.73. The van der Waals surface area contributed by atoms with Crippen LogP contribution in [0.15, 0.2) is 64.4 Å². The zero-order chi connectivity index (χ0) is 24.6. The molecule has 11 heteroatoms. The van der Waals surface area contributed by atoms with Crippen molar-refractivity contribution < 1.29 is 13.5 Å². The Hall–Kier alpha value is -3.02. The monoisotopic (exact) mass is 556 g/mol. The molecule has 0 bridgehead atoms. The van der Waals surface area contributed by atoms with Gasteiger partial charge in [0.2, 0.25) is 0 Å². The molecule has 35 heavy (non-hydrogen) atoms. The Labute approximate surface area is 212 Å². The van der Waals surface area contributed by atoms with E-state index in [1.807, 2.05) is 25.1 Å². The second-order valence-corrected chi connectivity index (χ2v) is 11.3. The summed E-state index contributed by atoms with van der Waals surface area (Å²) < 4.78 is 28.3. The Balaban J connectivity index is 1.42. The highest BCUT2D eigenvalue weighted by Gasteiger charge is 2.24. The molecule has 1 aliphatic heterocycles. The standard InChI is InChI=1S/C24H25BrN6O3S/c1-16-7-9-19(10-8-16)35(33,34)31-14-20(25)22-23(27-15-28-24(22)31)26-12-17-4-2-6-21(29-17)30-11-3-5-18(32)13-30/h2,4,6-10,14-15,18,32H,3,5,11-13H2,1H3,(H,26,27,28). The van der Waals surface area contributed by atoms with Crippen LogP contribution in [-0.4, -0.2) is 51.6 Å². The smallest absolute Gasteiger partial charge is 0.269 e. The van der Waals surface area contributed by atoms with Crippen LogP contribution < -0.4 is 10.2 Å². The lowest BCUT2D eigenvalue weighted by atomic mass is 10.1. The van der Waals surface area contributed by atoms with E-state index in [1.165, 1.54) is 16.5 Å². The van der Waals surface area contributed by atoms with Crippen molar-refractivity contribution in [1.29, 1.82) is 0 Å². The first-order chi connectivity index (χ1) is 16.8. The van der Waals surface area contributed by atoms with Crippen molar-refractivity contribution in [3.05, 3.63) is 70.7 Å². The van der Waals surface area contributed by atoms with Gasteiger partial charge in [-0.3, -0.25) is 0 Å². The molecular weight excluding hydrogens is 532 g/mol. The number of aliphatic hydroxyl groups excluding tert-OH is 1. The van der Waals surface area contributed by atoms with Gasteiger partial charge >= 0.3 is 0 Å². The summed E-state index contributed by atoms with van der Waals surface area (Å²) in [7, 11) is -3.84. The van der Waals surface area contributed by atoms with E-state index in [0.29, 0.717) is 28.8 Å². The van der Waals surface area contributed by atoms with Crippen LogP contribution in [0.25, 0.3) is 11.0 Å². The first kappa shape index (κ1) is 23.7. The number of nitrogens with one attached hydrogen (secondary N) is 1. The Morgan fingerprint density at radius 3 is 2.74 bits per heavy atom. The normalized spacial score (nSPS) is 16.5. The molecule has 0 radical (unpaired) electrons. The van der Waals surface area contributed by atoms with Crippen LogP contribution in [0.3, 0.4) is 0 Å². The minimum atomic E-state index is -3.84. The summed E-state index contributed by atoms with van der Waals surface area (Å²) in [6, 6.07) is 12.5. The van der Waals surface area contributed by atoms with Gasteiger partial charge in [0.25, 0.3) is 10.0 Å². The maximum absolute atomic E-state index is 13.3. The zero-order valence-corrected chi connectivity index (χ0v) is 21.5. The van der Waals surface area contributed by atoms with Crippen molar-refractivity contribution in [2.24, 2.45) is 0 Å². The minimum absolute atomic E-state index is 0.185. The van der Waals surface area contributed by atoms with Crippen molar-refractivity contribution >= 4 is 48.6 Å². The minimum Gasteiger partial charge on any atom is -0.391 e. The molecule has 0 saturated carbocycles. The molecule has 5 rings (SSSR count). The van der Waals surface area contributed by atoms with Gasteiger partial charge in [0, 0.05) is 23.8 Å². The maximum Gasteiger partial charge on any atom is 0.269 e. The SMILES string of the molecule is Cc1ccc(S(=O)(=O)n2cc(Br)c3c(NCc4cccc(N5CCCC(O)C5)n4)ncnc32)cc1. The van der Waals surface area contributed by atoms with Crippen LogP contribution in [0.4, 0.5) is 11.6 Å². The van der Waals surface area contributed by atoms with Gasteiger partial charge in [0.05, 0.1) is 28.6 Å². The van der Waals surface area contributed by atoms with Crippen LogP contribution in [-0.2, 0) is 16.6 Å². The van der Waals surface area contributed by atoms with Crippen LogP contribution in [0, 0.1) is 6.92 Å². The van der Waals surface area contributed by atoms with Crippen LogP contribution >= 0.6 is 15.9 Å². The molecule has 9 nitrogen and oxygen atoms in total. The van der Waals surface area contributed by atoms with E-state index >= 15 is 0 Å². The summed E-state index contributed by atoms with van der Waals surface area (Å²) in [4.78, 5) is 15.6. The van der Waals surface area contributed by atoms with E-state index in [2.05, 4.69) is 36.1 Å². The van der Waals surface area contributed by atoms with Gasteiger partial charge < -0.3 is 15.3 Å². The average molecular weight is 557 g/mol. The third-order valence-corrected chi connectivity index (χ3v) is 8.30. The van der Waals surface area contributed by atoms with Crippen molar-refractivity contribution in [3.8, 4) is 0 Å². The quantitative estimate of drug-likeness (QED) is 0.369. The molecule has 182 valence electrons. The number of fused-ring (bicyclic) bond motifs is 1. The Bertz CT molecular complexity index is 1470. The van der Waals surface area contributed by atoms with E-state index in [4.69, 9.17) is 4.98 Å². The molecule has 1 aromatic carbocycles. The molecule has 4 aromatic rings. The number of pyridine rings is 1. The second kappa shape index (κ2) is 9.56. The molecule has 2 N–H and O–H groups in total. The van der Waals surface area contributed by atoms with E-state index < -0.39 is 10.0 Å². The summed E-state index contributed by atoms with van der Waals surface area (Å²) in [5, 5.41) is 13.8. The summed E-state index contributed by atoms with van der Waals surface area (Å²) in [5.74, 6) is 1.33. The van der Waals surface area contributed by atoms with Gasteiger partial charge in [0.1, 0.15) is 18.0 Å². The van der Waals surface area contributed by atoms with E-state index in [9.17, 15) is 13.5 Å². The van der Waals surface area contributed by atoms with Crippen LogP contribution in [0.5, 0.6) is 0 Å². The average Bonchev–Trinajstić information content (AvgIpc) is 3.21. The Morgan fingerprint density at radius 1 is 1.17 bits per heavy atom. The first-order valence-corrected chi connectivity index (χ1v) is 13.5. The lowest BCUT2D eigenvalue weighted by Gasteiger charge is -2.31. The van der Waals surface area contributed by atoms with Gasteiger partial charge in [-0.15, -0.1) is 0 Å². The zero-order valence-electron chi connectivity index (χ0n) is 19.1. The van der Waals surface area contributed by atoms with Crippen LogP contribution in [0.1, 0.15) is 24.1 Å². The van der Waals surface area contributed by atoms with Crippen molar-refractivity contribution in [2.45, 2.75) is 37.3 Å². The van der Waals surface area contributed by atoms with E-state index in [-0.39, 0.29) is 16.6 Å². The number of piperidine rings is 1. The lowest BCUT2D eigenvalue weighted by Crippen LogP contribution is -2.38. The molecule has 1 aliphatic rings. The predicted molar refractivity (Wildman–Crippen MR) is 138 cm³/mol. The predicted octanol–water partition coefficient (Wildman–Crippen LogP) is 3.71. The number of halogens is 1. The van der Waals surface area contributed by atoms with Crippen molar-refractivity contribution in [3.63, 3.8) is 0 Å². The van der Waals surface area contributed by atoms with Gasteiger partial charge in [0.15, 0.2) is 5.65 Å². The molecular formula is C24H25BrN6O3S. The molecule has 0 aliphatic carbocycles. The first-order valence-electron chi connectivity index (χ1n) is 11.3. The molecule has 1 saturated heterocycles. The molecule has 1 fully saturated rings. The van der Waals surface area contributed by atoms with E-state index in [0.717, 1.165) is 36.5 Å². The van der Waals surface area contributed by atoms with Gasteiger partial charge in [-0.2, -0.15) is 0 Å². The highest BCUT2D eigenvalue weighted by molar-refractivity contribution is 9.10. The molecule has 0 spiro atoms. The number of hydrogen-bond acceptors (Lipinski definition) is 8. The maximum atomic E-state index is 13.3. The number of aryl methyl sites for hydroxylation is 1. The molecule has 3 aromatic heterocycles. The molecule has 1 atom stereocenters.